The maximum Gasteiger partial charge on any atom is 0.519 e. The smallest absolute Gasteiger partial charge is 0.317 e. The predicted octanol–water partition coefficient (Wildman–Crippen LogP) is 2.95. The number of nitrogens with one attached hydrogen (secondary N) is 1. The monoisotopic (exact) mass is 249 g/mol. The summed E-state index contributed by atoms with van der Waals surface area (Å²) in [6.07, 6.45) is -0.785. The third-order valence-corrected chi connectivity index (χ3v) is 1.87. The summed E-state index contributed by atoms with van der Waals surface area (Å²) >= 11 is 0. The van der Waals surface area contributed by atoms with Gasteiger partial charge in [-0.25, -0.2) is 0 Å². The largest absolute Gasteiger partial charge is 0.519 e. The van der Waals surface area contributed by atoms with Gasteiger partial charge in [-0.1, -0.05) is 42.8 Å². The van der Waals surface area contributed by atoms with Gasteiger partial charge in [0, 0.05) is 0 Å². The molecule has 0 atom stereocenters. The van der Waals surface area contributed by atoms with Crippen molar-refractivity contribution in [1.29, 1.82) is 0 Å². The molecule has 1 aromatic rings. The fourth-order valence-electron chi connectivity index (χ4n) is 1.19. The quantitative estimate of drug-likeness (QED) is 0.741. The number of aliphatic hydroxyl groups is 1. The second-order valence-electron chi connectivity index (χ2n) is 3.43. The topological polar surface area (TPSA) is 32.3 Å². The molecular formula is C12H18F3NO. The van der Waals surface area contributed by atoms with E-state index in [0.717, 1.165) is 0 Å². The third kappa shape index (κ3) is 20.9. The molecule has 2 N–H and O–H groups in total. The van der Waals surface area contributed by atoms with Gasteiger partial charge in [0.1, 0.15) is 0 Å². The first-order valence-electron chi connectivity index (χ1n) is 5.50. The van der Waals surface area contributed by atoms with Crippen LogP contribution in [0.4, 0.5) is 13.2 Å². The van der Waals surface area contributed by atoms with Crippen molar-refractivity contribution in [3.8, 4) is 0 Å². The average Bonchev–Trinajstić information content (AvgIpc) is 2.32. The first-order valence-corrected chi connectivity index (χ1v) is 5.50. The van der Waals surface area contributed by atoms with Crippen LogP contribution >= 0.6 is 0 Å². The Kier molecular flexibility index (Phi) is 9.47. The lowest BCUT2D eigenvalue weighted by atomic mass is 10.2. The Balaban J connectivity index is 0.000000228. The molecular weight excluding hydrogens is 231 g/mol. The molecule has 17 heavy (non-hydrogen) atoms. The molecule has 0 radical (unpaired) electrons. The highest BCUT2D eigenvalue weighted by atomic mass is 19.4. The Morgan fingerprint density at radius 1 is 0.765 bits per heavy atom. The van der Waals surface area contributed by atoms with Gasteiger partial charge >= 0.3 is 6.36 Å². The molecule has 0 aromatic heterocycles. The summed E-state index contributed by atoms with van der Waals surface area (Å²) in [5.74, 6) is 0. The molecule has 2 nitrogen and oxygen atoms in total. The van der Waals surface area contributed by atoms with Crippen molar-refractivity contribution in [2.45, 2.75) is 25.6 Å². The third-order valence-electron chi connectivity index (χ3n) is 1.87. The molecule has 0 spiro atoms. The summed E-state index contributed by atoms with van der Waals surface area (Å²) in [4.78, 5) is 0. The second kappa shape index (κ2) is 10.1. The van der Waals surface area contributed by atoms with E-state index in [4.69, 9.17) is 5.11 Å². The van der Waals surface area contributed by atoms with Gasteiger partial charge in [0.2, 0.25) is 0 Å². The standard InChI is InChI=1S/C6H6.C5H11N.CHF3O/c2*1-2-4-6-5-3-1;2-1(3,4)5/h1-6H;6H,1-5H2;5H. The summed E-state index contributed by atoms with van der Waals surface area (Å²) < 4.78 is 29.7. The predicted molar refractivity (Wildman–Crippen MR) is 61.4 cm³/mol. The van der Waals surface area contributed by atoms with E-state index in [1.165, 1.54) is 32.4 Å². The van der Waals surface area contributed by atoms with Crippen LogP contribution in [0.3, 0.4) is 0 Å². The summed E-state index contributed by atoms with van der Waals surface area (Å²) in [5.41, 5.74) is 0. The van der Waals surface area contributed by atoms with Gasteiger partial charge in [-0.3, -0.25) is 0 Å². The number of hydrogen-bond donors (Lipinski definition) is 2. The Hall–Kier alpha value is -1.07. The number of halogens is 3. The minimum atomic E-state index is -5.00. The fraction of sp³-hybridized carbons (Fsp3) is 0.500. The number of hydrogen-bond acceptors (Lipinski definition) is 2. The van der Waals surface area contributed by atoms with E-state index in [1.807, 2.05) is 36.4 Å². The van der Waals surface area contributed by atoms with Crippen molar-refractivity contribution in [1.82, 2.24) is 5.32 Å². The molecule has 0 bridgehead atoms. The molecule has 1 aliphatic heterocycles. The lowest BCUT2D eigenvalue weighted by Crippen LogP contribution is -2.21. The molecule has 1 aromatic carbocycles. The molecule has 1 saturated heterocycles. The summed E-state index contributed by atoms with van der Waals surface area (Å²) in [7, 11) is 0. The van der Waals surface area contributed by atoms with E-state index in [2.05, 4.69) is 5.32 Å². The summed E-state index contributed by atoms with van der Waals surface area (Å²) in [6.45, 7) is 2.50. The van der Waals surface area contributed by atoms with Crippen LogP contribution in [0.5, 0.6) is 0 Å². The van der Waals surface area contributed by atoms with Crippen LogP contribution in [0.1, 0.15) is 19.3 Å². The Morgan fingerprint density at radius 2 is 1.06 bits per heavy atom. The molecule has 0 aliphatic carbocycles. The Labute approximate surface area is 99.5 Å². The molecule has 0 unspecified atom stereocenters. The van der Waals surface area contributed by atoms with Crippen LogP contribution in [0.2, 0.25) is 0 Å². The first-order chi connectivity index (χ1) is 8.00. The van der Waals surface area contributed by atoms with Crippen LogP contribution in [-0.2, 0) is 0 Å². The highest BCUT2D eigenvalue weighted by Gasteiger charge is 2.20. The summed E-state index contributed by atoms with van der Waals surface area (Å²) in [5, 5.41) is 9.81. The van der Waals surface area contributed by atoms with Crippen molar-refractivity contribution in [3.63, 3.8) is 0 Å². The van der Waals surface area contributed by atoms with Gasteiger partial charge in [-0.2, -0.15) is 0 Å². The highest BCUT2D eigenvalue weighted by Crippen LogP contribution is 2.06. The van der Waals surface area contributed by atoms with Gasteiger partial charge in [-0.15, -0.1) is 13.2 Å². The fourth-order valence-corrected chi connectivity index (χ4v) is 1.19. The van der Waals surface area contributed by atoms with Crippen molar-refractivity contribution in [2.75, 3.05) is 13.1 Å². The zero-order valence-electron chi connectivity index (χ0n) is 9.58. The van der Waals surface area contributed by atoms with E-state index in [-0.39, 0.29) is 0 Å². The normalized spacial score (nSPS) is 14.8. The van der Waals surface area contributed by atoms with Crippen LogP contribution in [0, 0.1) is 0 Å². The van der Waals surface area contributed by atoms with Crippen LogP contribution in [0.15, 0.2) is 36.4 Å². The van der Waals surface area contributed by atoms with E-state index in [9.17, 15) is 13.2 Å². The van der Waals surface area contributed by atoms with Gasteiger partial charge in [0.05, 0.1) is 0 Å². The van der Waals surface area contributed by atoms with Crippen molar-refractivity contribution in [2.24, 2.45) is 0 Å². The van der Waals surface area contributed by atoms with Crippen molar-refractivity contribution in [3.05, 3.63) is 36.4 Å². The van der Waals surface area contributed by atoms with E-state index in [0.29, 0.717) is 0 Å². The zero-order chi connectivity index (χ0) is 13.0. The number of alkyl halides is 3. The average molecular weight is 249 g/mol. The summed E-state index contributed by atoms with van der Waals surface area (Å²) in [6, 6.07) is 12.0. The minimum absolute atomic E-state index is 1.25. The maximum absolute atomic E-state index is 9.91. The van der Waals surface area contributed by atoms with E-state index < -0.39 is 6.36 Å². The van der Waals surface area contributed by atoms with Crippen LogP contribution in [0.25, 0.3) is 0 Å². The molecule has 5 heteroatoms. The van der Waals surface area contributed by atoms with E-state index in [1.54, 1.807) is 0 Å². The lowest BCUT2D eigenvalue weighted by Gasteiger charge is -2.08. The zero-order valence-corrected chi connectivity index (χ0v) is 9.58. The SMILES string of the molecule is C1CCNCC1.OC(F)(F)F.c1ccccc1. The molecule has 1 aliphatic rings. The number of rotatable bonds is 0. The number of piperidine rings is 1. The van der Waals surface area contributed by atoms with Gasteiger partial charge < -0.3 is 10.4 Å². The van der Waals surface area contributed by atoms with E-state index >= 15 is 0 Å². The molecule has 2 rings (SSSR count). The molecule has 0 amide bonds. The first kappa shape index (κ1) is 15.9. The highest BCUT2D eigenvalue weighted by molar-refractivity contribution is 4.99. The number of benzene rings is 1. The van der Waals surface area contributed by atoms with Crippen molar-refractivity contribution >= 4 is 0 Å². The molecule has 1 heterocycles. The minimum Gasteiger partial charge on any atom is -0.317 e. The second-order valence-corrected chi connectivity index (χ2v) is 3.43. The Morgan fingerprint density at radius 3 is 1.18 bits per heavy atom. The molecule has 98 valence electrons. The Bertz CT molecular complexity index is 203. The lowest BCUT2D eigenvalue weighted by molar-refractivity contribution is -0.295. The van der Waals surface area contributed by atoms with Crippen LogP contribution < -0.4 is 5.32 Å². The maximum atomic E-state index is 9.91. The van der Waals surface area contributed by atoms with Gasteiger partial charge in [0.15, 0.2) is 0 Å². The van der Waals surface area contributed by atoms with Gasteiger partial charge in [-0.05, 0) is 25.9 Å². The molecule has 0 saturated carbocycles. The van der Waals surface area contributed by atoms with Gasteiger partial charge in [0.25, 0.3) is 0 Å². The van der Waals surface area contributed by atoms with Crippen molar-refractivity contribution < 1.29 is 18.3 Å². The van der Waals surface area contributed by atoms with Crippen LogP contribution in [-0.4, -0.2) is 24.6 Å². The molecule has 1 fully saturated rings.